The van der Waals surface area contributed by atoms with Gasteiger partial charge in [0.1, 0.15) is 5.82 Å². The summed E-state index contributed by atoms with van der Waals surface area (Å²) in [7, 11) is 3.73. The van der Waals surface area contributed by atoms with Gasteiger partial charge in [-0.2, -0.15) is 4.98 Å². The van der Waals surface area contributed by atoms with Crippen molar-refractivity contribution in [3.8, 4) is 11.3 Å². The average molecular weight is 388 g/mol. The van der Waals surface area contributed by atoms with Crippen LogP contribution in [0.5, 0.6) is 0 Å². The molecule has 7 nitrogen and oxygen atoms in total. The van der Waals surface area contributed by atoms with E-state index in [0.29, 0.717) is 35.6 Å². The van der Waals surface area contributed by atoms with Crippen LogP contribution in [-0.2, 0) is 6.54 Å². The Bertz CT molecular complexity index is 1020. The van der Waals surface area contributed by atoms with Gasteiger partial charge in [-0.05, 0) is 36.6 Å². The van der Waals surface area contributed by atoms with Crippen LogP contribution in [0, 0.1) is 0 Å². The minimum Gasteiger partial charge on any atom is -0.384 e. The summed E-state index contributed by atoms with van der Waals surface area (Å²) in [5.41, 5.74) is 9.16. The molecule has 4 rings (SSSR count). The molecular formula is C22H24N6O. The minimum absolute atomic E-state index is 0.0214. The molecule has 1 amide bonds. The van der Waals surface area contributed by atoms with E-state index >= 15 is 0 Å². The molecule has 0 bridgehead atoms. The highest BCUT2D eigenvalue weighted by Gasteiger charge is 2.33. The van der Waals surface area contributed by atoms with Crippen molar-refractivity contribution < 1.29 is 4.79 Å². The Kier molecular flexibility index (Phi) is 5.12. The minimum atomic E-state index is 0.0214. The lowest BCUT2D eigenvalue weighted by atomic mass is 10.1. The van der Waals surface area contributed by atoms with Gasteiger partial charge in [0, 0.05) is 56.3 Å². The predicted octanol–water partition coefficient (Wildman–Crippen LogP) is 2.99. The molecular weight excluding hydrogens is 364 g/mol. The quantitative estimate of drug-likeness (QED) is 0.698. The van der Waals surface area contributed by atoms with Gasteiger partial charge in [-0.3, -0.25) is 9.78 Å². The summed E-state index contributed by atoms with van der Waals surface area (Å²) in [4.78, 5) is 30.0. The highest BCUT2D eigenvalue weighted by molar-refractivity contribution is 5.95. The summed E-state index contributed by atoms with van der Waals surface area (Å²) >= 11 is 0. The van der Waals surface area contributed by atoms with Gasteiger partial charge in [0.2, 0.25) is 5.95 Å². The van der Waals surface area contributed by atoms with Gasteiger partial charge in [-0.15, -0.1) is 0 Å². The zero-order chi connectivity index (χ0) is 20.4. The standard InChI is InChI=1S/C22H24N6O/c1-27(2)22-25-19(12-20(23)26-22)16-6-3-7-17(11-16)21(29)28(18-8-9-18)14-15-5-4-10-24-13-15/h3-7,10-13,18H,8-9,14H2,1-2H3,(H2,23,25,26). The molecule has 0 unspecified atom stereocenters. The van der Waals surface area contributed by atoms with Gasteiger partial charge >= 0.3 is 0 Å². The van der Waals surface area contributed by atoms with E-state index in [1.165, 1.54) is 0 Å². The number of carbonyl (C=O) groups is 1. The van der Waals surface area contributed by atoms with E-state index in [2.05, 4.69) is 15.0 Å². The van der Waals surface area contributed by atoms with E-state index in [0.717, 1.165) is 24.0 Å². The first-order valence-electron chi connectivity index (χ1n) is 9.63. The first kappa shape index (κ1) is 18.9. The Morgan fingerprint density at radius 3 is 2.66 bits per heavy atom. The van der Waals surface area contributed by atoms with E-state index in [1.54, 1.807) is 17.2 Å². The third-order valence-electron chi connectivity index (χ3n) is 4.86. The lowest BCUT2D eigenvalue weighted by Crippen LogP contribution is -2.32. The lowest BCUT2D eigenvalue weighted by molar-refractivity contribution is 0.0730. The molecule has 2 heterocycles. The molecule has 1 aliphatic carbocycles. The highest BCUT2D eigenvalue weighted by atomic mass is 16.2. The molecule has 0 aliphatic heterocycles. The fourth-order valence-corrected chi connectivity index (χ4v) is 3.22. The zero-order valence-electron chi connectivity index (χ0n) is 16.6. The third-order valence-corrected chi connectivity index (χ3v) is 4.86. The number of amides is 1. The van der Waals surface area contributed by atoms with E-state index in [9.17, 15) is 4.79 Å². The Balaban J connectivity index is 1.63. The number of hydrogen-bond donors (Lipinski definition) is 1. The molecule has 1 fully saturated rings. The normalized spacial score (nSPS) is 13.2. The van der Waals surface area contributed by atoms with Crippen molar-refractivity contribution in [2.75, 3.05) is 24.7 Å². The largest absolute Gasteiger partial charge is 0.384 e. The van der Waals surface area contributed by atoms with Crippen LogP contribution >= 0.6 is 0 Å². The molecule has 3 aromatic rings. The van der Waals surface area contributed by atoms with Crippen LogP contribution in [0.4, 0.5) is 11.8 Å². The summed E-state index contributed by atoms with van der Waals surface area (Å²) < 4.78 is 0. The number of pyridine rings is 1. The lowest BCUT2D eigenvalue weighted by Gasteiger charge is -2.23. The molecule has 1 aliphatic rings. The van der Waals surface area contributed by atoms with Crippen LogP contribution in [0.3, 0.4) is 0 Å². The van der Waals surface area contributed by atoms with Crippen molar-refractivity contribution in [2.45, 2.75) is 25.4 Å². The van der Waals surface area contributed by atoms with Gasteiger partial charge in [-0.1, -0.05) is 18.2 Å². The number of nitrogen functional groups attached to an aromatic ring is 1. The molecule has 148 valence electrons. The predicted molar refractivity (Wildman–Crippen MR) is 113 cm³/mol. The third kappa shape index (κ3) is 4.34. The second-order valence-corrected chi connectivity index (χ2v) is 7.48. The van der Waals surface area contributed by atoms with E-state index < -0.39 is 0 Å². The summed E-state index contributed by atoms with van der Waals surface area (Å²) in [5, 5.41) is 0. The van der Waals surface area contributed by atoms with Crippen molar-refractivity contribution in [1.82, 2.24) is 19.9 Å². The maximum absolute atomic E-state index is 13.3. The van der Waals surface area contributed by atoms with Crippen molar-refractivity contribution in [1.29, 1.82) is 0 Å². The van der Waals surface area contributed by atoms with Crippen LogP contribution in [0.1, 0.15) is 28.8 Å². The molecule has 2 aromatic heterocycles. The number of nitrogens with two attached hydrogens (primary N) is 1. The van der Waals surface area contributed by atoms with Crippen LogP contribution < -0.4 is 10.6 Å². The molecule has 1 saturated carbocycles. The highest BCUT2D eigenvalue weighted by Crippen LogP contribution is 2.30. The first-order valence-corrected chi connectivity index (χ1v) is 9.63. The van der Waals surface area contributed by atoms with Crippen LogP contribution in [-0.4, -0.2) is 45.9 Å². The van der Waals surface area contributed by atoms with Gasteiger partial charge in [0.15, 0.2) is 0 Å². The molecule has 7 heteroatoms. The molecule has 0 radical (unpaired) electrons. The smallest absolute Gasteiger partial charge is 0.254 e. The number of anilines is 2. The van der Waals surface area contributed by atoms with Crippen LogP contribution in [0.25, 0.3) is 11.3 Å². The Morgan fingerprint density at radius 1 is 1.14 bits per heavy atom. The number of hydrogen-bond acceptors (Lipinski definition) is 6. The van der Waals surface area contributed by atoms with Crippen molar-refractivity contribution in [3.05, 3.63) is 66.0 Å². The van der Waals surface area contributed by atoms with Crippen molar-refractivity contribution in [2.24, 2.45) is 0 Å². The summed E-state index contributed by atoms with van der Waals surface area (Å²) in [6.45, 7) is 0.562. The summed E-state index contributed by atoms with van der Waals surface area (Å²) in [6.07, 6.45) is 5.64. The summed E-state index contributed by atoms with van der Waals surface area (Å²) in [6, 6.07) is 13.5. The fourth-order valence-electron chi connectivity index (χ4n) is 3.22. The average Bonchev–Trinajstić information content (AvgIpc) is 3.57. The van der Waals surface area contributed by atoms with E-state index in [4.69, 9.17) is 5.73 Å². The zero-order valence-corrected chi connectivity index (χ0v) is 16.6. The molecule has 2 N–H and O–H groups in total. The second-order valence-electron chi connectivity index (χ2n) is 7.48. The summed E-state index contributed by atoms with van der Waals surface area (Å²) in [5.74, 6) is 0.951. The molecule has 0 saturated heterocycles. The number of rotatable bonds is 6. The van der Waals surface area contributed by atoms with E-state index in [-0.39, 0.29) is 5.91 Å². The maximum atomic E-state index is 13.3. The first-order chi connectivity index (χ1) is 14.0. The number of carbonyl (C=O) groups excluding carboxylic acids is 1. The molecule has 29 heavy (non-hydrogen) atoms. The van der Waals surface area contributed by atoms with Crippen molar-refractivity contribution in [3.63, 3.8) is 0 Å². The monoisotopic (exact) mass is 388 g/mol. The van der Waals surface area contributed by atoms with Gasteiger partial charge < -0.3 is 15.5 Å². The molecule has 1 aromatic carbocycles. The number of nitrogens with zero attached hydrogens (tertiary/aromatic N) is 5. The van der Waals surface area contributed by atoms with Crippen molar-refractivity contribution >= 4 is 17.7 Å². The molecule has 0 spiro atoms. The Hall–Kier alpha value is -3.48. The van der Waals surface area contributed by atoms with Gasteiger partial charge in [-0.25, -0.2) is 4.98 Å². The Labute approximate surface area is 170 Å². The van der Waals surface area contributed by atoms with E-state index in [1.807, 2.05) is 61.6 Å². The maximum Gasteiger partial charge on any atom is 0.254 e. The number of aromatic nitrogens is 3. The molecule has 0 atom stereocenters. The second kappa shape index (κ2) is 7.87. The van der Waals surface area contributed by atoms with Crippen LogP contribution in [0.2, 0.25) is 0 Å². The van der Waals surface area contributed by atoms with Gasteiger partial charge in [0.25, 0.3) is 5.91 Å². The van der Waals surface area contributed by atoms with Crippen LogP contribution in [0.15, 0.2) is 54.9 Å². The SMILES string of the molecule is CN(C)c1nc(N)cc(-c2cccc(C(=O)N(Cc3cccnc3)C3CC3)c2)n1. The fraction of sp³-hybridized carbons (Fsp3) is 0.273. The Morgan fingerprint density at radius 2 is 1.97 bits per heavy atom. The van der Waals surface area contributed by atoms with Gasteiger partial charge in [0.05, 0.1) is 5.69 Å². The number of benzene rings is 1. The topological polar surface area (TPSA) is 88.2 Å².